The predicted molar refractivity (Wildman–Crippen MR) is 84.4 cm³/mol. The Bertz CT molecular complexity index is 636. The lowest BCUT2D eigenvalue weighted by atomic mass is 10.1. The van der Waals surface area contributed by atoms with E-state index in [0.717, 1.165) is 36.9 Å². The summed E-state index contributed by atoms with van der Waals surface area (Å²) >= 11 is 1.29. The minimum Gasteiger partial charge on any atom is -0.477 e. The number of thiazole rings is 1. The molecule has 3 rings (SSSR count). The maximum atomic E-state index is 11.5. The van der Waals surface area contributed by atoms with Crippen molar-refractivity contribution in [2.45, 2.75) is 13.0 Å². The molecule has 1 aliphatic rings. The number of aromatic nitrogens is 1. The van der Waals surface area contributed by atoms with E-state index in [1.54, 1.807) is 0 Å². The number of rotatable bonds is 5. The molecule has 0 amide bonds. The molecule has 1 N–H and O–H groups in total. The zero-order chi connectivity index (χ0) is 15.4. The zero-order valence-electron chi connectivity index (χ0n) is 12.2. The van der Waals surface area contributed by atoms with Crippen molar-refractivity contribution in [1.29, 1.82) is 0 Å². The molecule has 0 spiro atoms. The molecule has 1 aliphatic heterocycles. The largest absolute Gasteiger partial charge is 0.477 e. The average molecular weight is 318 g/mol. The van der Waals surface area contributed by atoms with Crippen LogP contribution in [0.25, 0.3) is 0 Å². The Hall–Kier alpha value is -1.76. The van der Waals surface area contributed by atoms with Gasteiger partial charge < -0.3 is 9.84 Å². The van der Waals surface area contributed by atoms with E-state index in [1.807, 2.05) is 30.3 Å². The van der Waals surface area contributed by atoms with Gasteiger partial charge in [0.1, 0.15) is 9.88 Å². The lowest BCUT2D eigenvalue weighted by Gasteiger charge is -2.25. The first-order chi connectivity index (χ1) is 10.7. The number of hydrogen-bond acceptors (Lipinski definition) is 5. The van der Waals surface area contributed by atoms with E-state index >= 15 is 0 Å². The third kappa shape index (κ3) is 3.71. The Kier molecular flexibility index (Phi) is 4.82. The number of nitrogens with zero attached hydrogens (tertiary/aromatic N) is 2. The van der Waals surface area contributed by atoms with Crippen LogP contribution in [0, 0.1) is 0 Å². The van der Waals surface area contributed by atoms with Gasteiger partial charge in [-0.05, 0) is 5.56 Å². The molecule has 0 radical (unpaired) electrons. The molecule has 5 nitrogen and oxygen atoms in total. The Morgan fingerprint density at radius 3 is 2.68 bits per heavy atom. The van der Waals surface area contributed by atoms with Crippen LogP contribution >= 0.6 is 11.3 Å². The van der Waals surface area contributed by atoms with Crippen LogP contribution in [0.15, 0.2) is 30.3 Å². The van der Waals surface area contributed by atoms with Crippen molar-refractivity contribution in [3.05, 3.63) is 51.5 Å². The van der Waals surface area contributed by atoms with Crippen molar-refractivity contribution in [3.8, 4) is 0 Å². The molecule has 1 aromatic carbocycles. The fraction of sp³-hybridized carbons (Fsp3) is 0.375. The summed E-state index contributed by atoms with van der Waals surface area (Å²) in [4.78, 5) is 18.6. The highest BCUT2D eigenvalue weighted by atomic mass is 32.1. The van der Waals surface area contributed by atoms with Crippen LogP contribution in [0.2, 0.25) is 0 Å². The van der Waals surface area contributed by atoms with Crippen LogP contribution in [-0.2, 0) is 17.7 Å². The predicted octanol–water partition coefficient (Wildman–Crippen LogP) is 2.26. The van der Waals surface area contributed by atoms with Gasteiger partial charge in [-0.2, -0.15) is 0 Å². The van der Waals surface area contributed by atoms with Gasteiger partial charge >= 0.3 is 5.97 Å². The minimum atomic E-state index is -0.892. The number of morpholine rings is 1. The van der Waals surface area contributed by atoms with E-state index in [-0.39, 0.29) is 0 Å². The second kappa shape index (κ2) is 7.00. The quantitative estimate of drug-likeness (QED) is 0.916. The lowest BCUT2D eigenvalue weighted by molar-refractivity contribution is 0.0341. The van der Waals surface area contributed by atoms with Crippen LogP contribution in [-0.4, -0.2) is 47.3 Å². The number of aromatic carboxylic acids is 1. The van der Waals surface area contributed by atoms with Crippen molar-refractivity contribution in [3.63, 3.8) is 0 Å². The zero-order valence-corrected chi connectivity index (χ0v) is 13.0. The summed E-state index contributed by atoms with van der Waals surface area (Å²) in [6, 6.07) is 9.85. The van der Waals surface area contributed by atoms with Gasteiger partial charge in [0.05, 0.1) is 25.5 Å². The minimum absolute atomic E-state index is 0.354. The standard InChI is InChI=1S/C16H18N2O3S/c19-16(20)15-13(10-12-4-2-1-3-5-12)17-14(22-15)11-18-6-8-21-9-7-18/h1-5H,6-11H2,(H,19,20). The lowest BCUT2D eigenvalue weighted by Crippen LogP contribution is -2.35. The molecular formula is C16H18N2O3S. The highest BCUT2D eigenvalue weighted by molar-refractivity contribution is 7.13. The second-order valence-corrected chi connectivity index (χ2v) is 6.32. The summed E-state index contributed by atoms with van der Waals surface area (Å²) in [6.45, 7) is 3.90. The Morgan fingerprint density at radius 1 is 1.27 bits per heavy atom. The normalized spacial score (nSPS) is 15.8. The summed E-state index contributed by atoms with van der Waals surface area (Å²) in [6.07, 6.45) is 0.558. The first-order valence-corrected chi connectivity index (χ1v) is 8.10. The summed E-state index contributed by atoms with van der Waals surface area (Å²) in [5.41, 5.74) is 1.74. The smallest absolute Gasteiger partial charge is 0.347 e. The van der Waals surface area contributed by atoms with Crippen molar-refractivity contribution < 1.29 is 14.6 Å². The van der Waals surface area contributed by atoms with Gasteiger partial charge in [0, 0.05) is 19.5 Å². The number of benzene rings is 1. The fourth-order valence-electron chi connectivity index (χ4n) is 2.50. The maximum absolute atomic E-state index is 11.5. The molecule has 0 saturated carbocycles. The summed E-state index contributed by atoms with van der Waals surface area (Å²) in [5.74, 6) is -0.892. The molecule has 2 aromatic rings. The molecule has 1 aromatic heterocycles. The van der Waals surface area contributed by atoms with Crippen molar-refractivity contribution in [1.82, 2.24) is 9.88 Å². The first kappa shape index (κ1) is 15.1. The summed E-state index contributed by atoms with van der Waals surface area (Å²) < 4.78 is 5.33. The molecule has 0 atom stereocenters. The number of carboxylic acids is 1. The topological polar surface area (TPSA) is 62.7 Å². The molecule has 0 bridgehead atoms. The van der Waals surface area contributed by atoms with E-state index < -0.39 is 5.97 Å². The number of carbonyl (C=O) groups is 1. The number of hydrogen-bond donors (Lipinski definition) is 1. The molecule has 2 heterocycles. The van der Waals surface area contributed by atoms with Crippen LogP contribution in [0.5, 0.6) is 0 Å². The fourth-order valence-corrected chi connectivity index (χ4v) is 3.46. The van der Waals surface area contributed by atoms with Crippen LogP contribution in [0.4, 0.5) is 0 Å². The van der Waals surface area contributed by atoms with E-state index in [0.29, 0.717) is 23.5 Å². The molecular weight excluding hydrogens is 300 g/mol. The van der Waals surface area contributed by atoms with E-state index in [9.17, 15) is 9.90 Å². The molecule has 0 unspecified atom stereocenters. The monoisotopic (exact) mass is 318 g/mol. The molecule has 1 saturated heterocycles. The van der Waals surface area contributed by atoms with Crippen molar-refractivity contribution in [2.24, 2.45) is 0 Å². The molecule has 116 valence electrons. The highest BCUT2D eigenvalue weighted by Gasteiger charge is 2.20. The summed E-state index contributed by atoms with van der Waals surface area (Å²) in [5, 5.41) is 10.3. The number of carboxylic acid groups (broad SMARTS) is 1. The van der Waals surface area contributed by atoms with Crippen LogP contribution in [0.3, 0.4) is 0 Å². The van der Waals surface area contributed by atoms with E-state index in [2.05, 4.69) is 9.88 Å². The van der Waals surface area contributed by atoms with Gasteiger partial charge in [0.15, 0.2) is 0 Å². The third-order valence-corrected chi connectivity index (χ3v) is 4.68. The van der Waals surface area contributed by atoms with Crippen LogP contribution < -0.4 is 0 Å². The van der Waals surface area contributed by atoms with Crippen molar-refractivity contribution in [2.75, 3.05) is 26.3 Å². The van der Waals surface area contributed by atoms with Gasteiger partial charge in [-0.15, -0.1) is 11.3 Å². The second-order valence-electron chi connectivity index (χ2n) is 5.24. The van der Waals surface area contributed by atoms with Gasteiger partial charge in [-0.3, -0.25) is 4.90 Å². The first-order valence-electron chi connectivity index (χ1n) is 7.28. The maximum Gasteiger partial charge on any atom is 0.347 e. The summed E-state index contributed by atoms with van der Waals surface area (Å²) in [7, 11) is 0. The van der Waals surface area contributed by atoms with E-state index in [1.165, 1.54) is 11.3 Å². The third-order valence-electron chi connectivity index (χ3n) is 3.61. The van der Waals surface area contributed by atoms with Gasteiger partial charge in [-0.1, -0.05) is 30.3 Å². The molecule has 1 fully saturated rings. The van der Waals surface area contributed by atoms with E-state index in [4.69, 9.17) is 4.74 Å². The van der Waals surface area contributed by atoms with Gasteiger partial charge in [0.2, 0.25) is 0 Å². The average Bonchev–Trinajstić information content (AvgIpc) is 2.92. The Balaban J connectivity index is 1.78. The van der Waals surface area contributed by atoms with Gasteiger partial charge in [-0.25, -0.2) is 9.78 Å². The number of ether oxygens (including phenoxy) is 1. The molecule has 22 heavy (non-hydrogen) atoms. The van der Waals surface area contributed by atoms with Crippen molar-refractivity contribution >= 4 is 17.3 Å². The molecule has 6 heteroatoms. The molecule has 0 aliphatic carbocycles. The Labute approximate surface area is 133 Å². The SMILES string of the molecule is O=C(O)c1sc(CN2CCOCC2)nc1Cc1ccccc1. The highest BCUT2D eigenvalue weighted by Crippen LogP contribution is 2.23. The van der Waals surface area contributed by atoms with Gasteiger partial charge in [0.25, 0.3) is 0 Å². The van der Waals surface area contributed by atoms with Crippen LogP contribution in [0.1, 0.15) is 25.9 Å². The Morgan fingerprint density at radius 2 is 2.00 bits per heavy atom.